The van der Waals surface area contributed by atoms with Gasteiger partial charge in [0.25, 0.3) is 0 Å². The molecule has 0 fully saturated rings. The number of rotatable bonds is 2. The molecule has 0 aliphatic carbocycles. The van der Waals surface area contributed by atoms with Crippen molar-refractivity contribution in [2.45, 2.75) is 6.04 Å². The molecule has 0 saturated carbocycles. The van der Waals surface area contributed by atoms with Crippen LogP contribution in [0.15, 0.2) is 10.5 Å². The molecule has 0 unspecified atom stereocenters. The van der Waals surface area contributed by atoms with Gasteiger partial charge in [-0.2, -0.15) is 4.39 Å². The van der Waals surface area contributed by atoms with Gasteiger partial charge in [0, 0.05) is 5.56 Å². The van der Waals surface area contributed by atoms with E-state index in [1.54, 1.807) is 0 Å². The number of aromatic hydroxyl groups is 1. The number of halogens is 3. The third-order valence-corrected chi connectivity index (χ3v) is 2.53. The van der Waals surface area contributed by atoms with Crippen molar-refractivity contribution in [1.82, 2.24) is 0 Å². The molecule has 0 radical (unpaired) electrons. The molecule has 0 aliphatic rings. The lowest BCUT2D eigenvalue weighted by molar-refractivity contribution is -0.142. The first-order valence-electron chi connectivity index (χ1n) is 4.10. The zero-order valence-electron chi connectivity index (χ0n) is 8.13. The van der Waals surface area contributed by atoms with Crippen LogP contribution in [-0.4, -0.2) is 18.2 Å². The lowest BCUT2D eigenvalue weighted by Gasteiger charge is -2.12. The molecule has 1 atom stereocenters. The molecular weight excluding hydrogens is 288 g/mol. The Kier molecular flexibility index (Phi) is 3.82. The van der Waals surface area contributed by atoms with Crippen LogP contribution in [0.5, 0.6) is 5.75 Å². The fraction of sp³-hybridized carbons (Fsp3) is 0.222. The van der Waals surface area contributed by atoms with Crippen LogP contribution < -0.4 is 5.73 Å². The highest BCUT2D eigenvalue weighted by Gasteiger charge is 2.25. The molecule has 0 saturated heterocycles. The highest BCUT2D eigenvalue weighted by Crippen LogP contribution is 2.32. The van der Waals surface area contributed by atoms with Gasteiger partial charge in [0.1, 0.15) is 6.04 Å². The van der Waals surface area contributed by atoms with E-state index in [0.717, 1.165) is 13.2 Å². The quantitative estimate of drug-likeness (QED) is 0.642. The Labute approximate surface area is 98.1 Å². The summed E-state index contributed by atoms with van der Waals surface area (Å²) >= 11 is 2.74. The van der Waals surface area contributed by atoms with Crippen molar-refractivity contribution in [2.24, 2.45) is 5.73 Å². The summed E-state index contributed by atoms with van der Waals surface area (Å²) in [7, 11) is 1.09. The molecule has 3 N–H and O–H groups in total. The smallest absolute Gasteiger partial charge is 0.327 e. The largest absolute Gasteiger partial charge is 0.504 e. The normalized spacial score (nSPS) is 12.3. The fourth-order valence-corrected chi connectivity index (χ4v) is 1.52. The highest BCUT2D eigenvalue weighted by molar-refractivity contribution is 9.10. The van der Waals surface area contributed by atoms with Crippen molar-refractivity contribution >= 4 is 21.9 Å². The molecule has 1 aromatic carbocycles. The molecule has 0 heterocycles. The van der Waals surface area contributed by atoms with Crippen molar-refractivity contribution < 1.29 is 23.4 Å². The lowest BCUT2D eigenvalue weighted by Crippen LogP contribution is -2.23. The Morgan fingerprint density at radius 3 is 2.62 bits per heavy atom. The Hall–Kier alpha value is -1.21. The van der Waals surface area contributed by atoms with Gasteiger partial charge in [-0.1, -0.05) is 0 Å². The number of hydrogen-bond donors (Lipinski definition) is 2. The third kappa shape index (κ3) is 2.14. The van der Waals surface area contributed by atoms with Gasteiger partial charge in [0.05, 0.1) is 11.6 Å². The molecule has 88 valence electrons. The van der Waals surface area contributed by atoms with E-state index in [2.05, 4.69) is 20.7 Å². The molecule has 0 spiro atoms. The number of carbonyl (C=O) groups excluding carboxylic acids is 1. The molecule has 0 aromatic heterocycles. The van der Waals surface area contributed by atoms with E-state index in [4.69, 9.17) is 5.73 Å². The molecule has 0 aliphatic heterocycles. The first-order valence-corrected chi connectivity index (χ1v) is 4.89. The van der Waals surface area contributed by atoms with Crippen LogP contribution in [0.2, 0.25) is 0 Å². The van der Waals surface area contributed by atoms with Crippen molar-refractivity contribution in [3.63, 3.8) is 0 Å². The standard InChI is InChI=1S/C9H8BrF2NO3/c1-16-9(15)7(13)3-2-4(10)5(11)6(12)8(3)14/h2,7,14H,13H2,1H3/t7-/m0/s1. The number of benzene rings is 1. The van der Waals surface area contributed by atoms with Crippen molar-refractivity contribution in [3.05, 3.63) is 27.7 Å². The van der Waals surface area contributed by atoms with E-state index < -0.39 is 29.4 Å². The van der Waals surface area contributed by atoms with Gasteiger partial charge in [-0.05, 0) is 22.0 Å². The average Bonchev–Trinajstić information content (AvgIpc) is 2.29. The second-order valence-corrected chi connectivity index (χ2v) is 3.78. The van der Waals surface area contributed by atoms with Gasteiger partial charge in [-0.15, -0.1) is 0 Å². The van der Waals surface area contributed by atoms with Crippen LogP contribution in [-0.2, 0) is 9.53 Å². The molecule has 1 rings (SSSR count). The molecule has 4 nitrogen and oxygen atoms in total. The Morgan fingerprint density at radius 2 is 2.12 bits per heavy atom. The Balaban J connectivity index is 3.30. The zero-order chi connectivity index (χ0) is 12.5. The number of nitrogens with two attached hydrogens (primary N) is 1. The highest BCUT2D eigenvalue weighted by atomic mass is 79.9. The summed E-state index contributed by atoms with van der Waals surface area (Å²) < 4.78 is 30.2. The molecule has 7 heteroatoms. The van der Waals surface area contributed by atoms with Crippen LogP contribution in [0.1, 0.15) is 11.6 Å². The minimum atomic E-state index is -1.47. The van der Waals surface area contributed by atoms with E-state index in [1.165, 1.54) is 0 Å². The van der Waals surface area contributed by atoms with Crippen LogP contribution >= 0.6 is 15.9 Å². The van der Waals surface area contributed by atoms with Gasteiger partial charge >= 0.3 is 5.97 Å². The van der Waals surface area contributed by atoms with Gasteiger partial charge in [0.2, 0.25) is 5.82 Å². The van der Waals surface area contributed by atoms with E-state index in [-0.39, 0.29) is 10.0 Å². The number of phenols is 1. The predicted octanol–water partition coefficient (Wildman–Crippen LogP) is 1.61. The maximum absolute atomic E-state index is 13.1. The summed E-state index contributed by atoms with van der Waals surface area (Å²) in [4.78, 5) is 11.1. The molecule has 0 bridgehead atoms. The molecule has 16 heavy (non-hydrogen) atoms. The summed E-state index contributed by atoms with van der Waals surface area (Å²) in [5.74, 6) is -4.59. The summed E-state index contributed by atoms with van der Waals surface area (Å²) in [6.07, 6.45) is 0. The minimum absolute atomic E-state index is 0.239. The first-order chi connectivity index (χ1) is 7.40. The monoisotopic (exact) mass is 295 g/mol. The topological polar surface area (TPSA) is 72.5 Å². The molecule has 1 aromatic rings. The number of methoxy groups -OCH3 is 1. The van der Waals surface area contributed by atoms with Crippen LogP contribution in [0.25, 0.3) is 0 Å². The fourth-order valence-electron chi connectivity index (χ4n) is 1.09. The maximum atomic E-state index is 13.1. The third-order valence-electron chi connectivity index (χ3n) is 1.96. The van der Waals surface area contributed by atoms with E-state index in [1.807, 2.05) is 0 Å². The first kappa shape index (κ1) is 12.9. The van der Waals surface area contributed by atoms with Gasteiger partial charge < -0.3 is 15.6 Å². The molecular formula is C9H8BrF2NO3. The van der Waals surface area contributed by atoms with Gasteiger partial charge in [-0.3, -0.25) is 4.79 Å². The second kappa shape index (κ2) is 4.75. The summed E-state index contributed by atoms with van der Waals surface area (Å²) in [5, 5.41) is 9.29. The maximum Gasteiger partial charge on any atom is 0.327 e. The average molecular weight is 296 g/mol. The number of hydrogen-bond acceptors (Lipinski definition) is 4. The summed E-state index contributed by atoms with van der Waals surface area (Å²) in [6, 6.07) is -0.355. The van der Waals surface area contributed by atoms with Gasteiger partial charge in [0.15, 0.2) is 11.6 Å². The number of phenolic OH excluding ortho intramolecular Hbond substituents is 1. The Morgan fingerprint density at radius 1 is 1.56 bits per heavy atom. The van der Waals surface area contributed by atoms with E-state index in [9.17, 15) is 18.7 Å². The molecule has 0 amide bonds. The van der Waals surface area contributed by atoms with Crippen molar-refractivity contribution in [1.29, 1.82) is 0 Å². The lowest BCUT2D eigenvalue weighted by atomic mass is 10.1. The number of esters is 1. The van der Waals surface area contributed by atoms with Crippen LogP contribution in [0, 0.1) is 11.6 Å². The van der Waals surface area contributed by atoms with Crippen LogP contribution in [0.3, 0.4) is 0 Å². The number of carbonyl (C=O) groups is 1. The Bertz CT molecular complexity index is 439. The van der Waals surface area contributed by atoms with Crippen molar-refractivity contribution in [3.8, 4) is 5.75 Å². The van der Waals surface area contributed by atoms with Crippen LogP contribution in [0.4, 0.5) is 8.78 Å². The number of ether oxygens (including phenoxy) is 1. The van der Waals surface area contributed by atoms with E-state index in [0.29, 0.717) is 0 Å². The van der Waals surface area contributed by atoms with Crippen molar-refractivity contribution in [2.75, 3.05) is 7.11 Å². The van der Waals surface area contributed by atoms with Gasteiger partial charge in [-0.25, -0.2) is 4.39 Å². The SMILES string of the molecule is COC(=O)[C@@H](N)c1cc(Br)c(F)c(F)c1O. The second-order valence-electron chi connectivity index (χ2n) is 2.93. The summed E-state index contributed by atoms with van der Waals surface area (Å²) in [5.41, 5.74) is 5.14. The van der Waals surface area contributed by atoms with E-state index >= 15 is 0 Å². The summed E-state index contributed by atoms with van der Waals surface area (Å²) in [6.45, 7) is 0. The predicted molar refractivity (Wildman–Crippen MR) is 54.7 cm³/mol. The zero-order valence-corrected chi connectivity index (χ0v) is 9.72. The minimum Gasteiger partial charge on any atom is -0.504 e.